The van der Waals surface area contributed by atoms with E-state index in [-0.39, 0.29) is 11.8 Å². The Balaban J connectivity index is 1.99. The molecular formula is C13H17F2NO2. The van der Waals surface area contributed by atoms with Crippen LogP contribution in [0.4, 0.5) is 8.78 Å². The maximum Gasteiger partial charge on any atom is 0.387 e. The zero-order chi connectivity index (χ0) is 13.0. The summed E-state index contributed by atoms with van der Waals surface area (Å²) in [6, 6.07) is 6.19. The van der Waals surface area contributed by atoms with Crippen LogP contribution in [-0.2, 0) is 0 Å². The van der Waals surface area contributed by atoms with Gasteiger partial charge in [-0.05, 0) is 37.1 Å². The molecule has 1 heterocycles. The number of aliphatic hydroxyl groups is 1. The molecule has 0 bridgehead atoms. The van der Waals surface area contributed by atoms with Gasteiger partial charge in [0.15, 0.2) is 0 Å². The number of hydrogen-bond acceptors (Lipinski definition) is 3. The van der Waals surface area contributed by atoms with Gasteiger partial charge in [0.25, 0.3) is 0 Å². The van der Waals surface area contributed by atoms with E-state index in [1.165, 1.54) is 12.1 Å². The molecule has 0 radical (unpaired) electrons. The zero-order valence-corrected chi connectivity index (χ0v) is 9.98. The zero-order valence-electron chi connectivity index (χ0n) is 9.98. The molecule has 100 valence electrons. The fourth-order valence-electron chi connectivity index (χ4n) is 2.23. The average Bonchev–Trinajstić information content (AvgIpc) is 2.39. The van der Waals surface area contributed by atoms with Crippen molar-refractivity contribution < 1.29 is 18.6 Å². The number of hydrogen-bond donors (Lipinski definition) is 2. The molecule has 2 rings (SSSR count). The van der Waals surface area contributed by atoms with E-state index in [9.17, 15) is 13.9 Å². The van der Waals surface area contributed by atoms with Gasteiger partial charge in [-0.3, -0.25) is 0 Å². The third kappa shape index (κ3) is 3.40. The van der Waals surface area contributed by atoms with Gasteiger partial charge in [-0.15, -0.1) is 0 Å². The standard InChI is InChI=1S/C13H17F2NO2/c14-13(15)18-10-6-4-9(5-7-10)12(17)11-3-1-2-8-16-11/h4-7,11-13,16-17H,1-3,8H2. The summed E-state index contributed by atoms with van der Waals surface area (Å²) >= 11 is 0. The molecule has 1 aliphatic rings. The van der Waals surface area contributed by atoms with Crippen molar-refractivity contribution in [2.45, 2.75) is 38.0 Å². The predicted molar refractivity (Wildman–Crippen MR) is 63.7 cm³/mol. The molecule has 0 aromatic heterocycles. The van der Waals surface area contributed by atoms with Gasteiger partial charge in [-0.1, -0.05) is 18.6 Å². The molecular weight excluding hydrogens is 240 g/mol. The first kappa shape index (κ1) is 13.2. The molecule has 3 nitrogen and oxygen atoms in total. The van der Waals surface area contributed by atoms with Crippen molar-refractivity contribution >= 4 is 0 Å². The molecule has 1 saturated heterocycles. The van der Waals surface area contributed by atoms with Crippen LogP contribution >= 0.6 is 0 Å². The lowest BCUT2D eigenvalue weighted by atomic mass is 9.95. The molecule has 1 aliphatic heterocycles. The molecule has 1 aromatic rings. The smallest absolute Gasteiger partial charge is 0.387 e. The van der Waals surface area contributed by atoms with Crippen molar-refractivity contribution in [2.24, 2.45) is 0 Å². The number of rotatable bonds is 4. The molecule has 1 aromatic carbocycles. The summed E-state index contributed by atoms with van der Waals surface area (Å²) in [6.07, 6.45) is 2.55. The largest absolute Gasteiger partial charge is 0.435 e. The average molecular weight is 257 g/mol. The summed E-state index contributed by atoms with van der Waals surface area (Å²) in [4.78, 5) is 0. The number of halogens is 2. The second kappa shape index (κ2) is 6.11. The maximum absolute atomic E-state index is 12.0. The van der Waals surface area contributed by atoms with E-state index >= 15 is 0 Å². The summed E-state index contributed by atoms with van der Waals surface area (Å²) in [7, 11) is 0. The molecule has 5 heteroatoms. The maximum atomic E-state index is 12.0. The van der Waals surface area contributed by atoms with Gasteiger partial charge in [0.05, 0.1) is 6.10 Å². The molecule has 1 fully saturated rings. The van der Waals surface area contributed by atoms with E-state index < -0.39 is 12.7 Å². The summed E-state index contributed by atoms with van der Waals surface area (Å²) in [5, 5.41) is 13.4. The summed E-state index contributed by atoms with van der Waals surface area (Å²) in [5.41, 5.74) is 0.719. The van der Waals surface area contributed by atoms with E-state index in [0.29, 0.717) is 0 Å². The molecule has 2 unspecified atom stereocenters. The minimum Gasteiger partial charge on any atom is -0.435 e. The van der Waals surface area contributed by atoms with Crippen LogP contribution in [0.25, 0.3) is 0 Å². The summed E-state index contributed by atoms with van der Waals surface area (Å²) in [5.74, 6) is 0.109. The van der Waals surface area contributed by atoms with Crippen molar-refractivity contribution in [3.63, 3.8) is 0 Å². The highest BCUT2D eigenvalue weighted by Gasteiger charge is 2.22. The Morgan fingerprint density at radius 1 is 1.22 bits per heavy atom. The van der Waals surface area contributed by atoms with Gasteiger partial charge in [-0.25, -0.2) is 0 Å². The highest BCUT2D eigenvalue weighted by Crippen LogP contribution is 2.25. The highest BCUT2D eigenvalue weighted by atomic mass is 19.3. The van der Waals surface area contributed by atoms with E-state index in [1.54, 1.807) is 12.1 Å². The number of ether oxygens (including phenoxy) is 1. The molecule has 0 spiro atoms. The van der Waals surface area contributed by atoms with Crippen LogP contribution in [0.3, 0.4) is 0 Å². The Morgan fingerprint density at radius 2 is 1.94 bits per heavy atom. The van der Waals surface area contributed by atoms with Crippen molar-refractivity contribution in [3.05, 3.63) is 29.8 Å². The van der Waals surface area contributed by atoms with E-state index in [4.69, 9.17) is 0 Å². The lowest BCUT2D eigenvalue weighted by Crippen LogP contribution is -2.38. The normalized spacial score (nSPS) is 21.9. The third-order valence-corrected chi connectivity index (χ3v) is 3.18. The number of aliphatic hydroxyl groups excluding tert-OH is 1. The van der Waals surface area contributed by atoms with Crippen LogP contribution in [-0.4, -0.2) is 24.3 Å². The van der Waals surface area contributed by atoms with Gasteiger partial charge in [0, 0.05) is 6.04 Å². The minimum atomic E-state index is -2.82. The number of alkyl halides is 2. The lowest BCUT2D eigenvalue weighted by molar-refractivity contribution is -0.0498. The van der Waals surface area contributed by atoms with E-state index in [1.807, 2.05) is 0 Å². The Bertz CT molecular complexity index is 364. The Kier molecular flexibility index (Phi) is 4.49. The van der Waals surface area contributed by atoms with Crippen LogP contribution in [0.15, 0.2) is 24.3 Å². The molecule has 0 amide bonds. The predicted octanol–water partition coefficient (Wildman–Crippen LogP) is 2.46. The van der Waals surface area contributed by atoms with Crippen LogP contribution in [0.1, 0.15) is 30.9 Å². The number of nitrogens with one attached hydrogen (secondary N) is 1. The summed E-state index contributed by atoms with van der Waals surface area (Å²) < 4.78 is 28.2. The minimum absolute atomic E-state index is 0.0422. The fourth-order valence-corrected chi connectivity index (χ4v) is 2.23. The van der Waals surface area contributed by atoms with E-state index in [0.717, 1.165) is 31.4 Å². The third-order valence-electron chi connectivity index (χ3n) is 3.18. The van der Waals surface area contributed by atoms with Gasteiger partial charge < -0.3 is 15.2 Å². The van der Waals surface area contributed by atoms with Crippen LogP contribution < -0.4 is 10.1 Å². The van der Waals surface area contributed by atoms with Gasteiger partial charge in [0.1, 0.15) is 5.75 Å². The molecule has 2 N–H and O–H groups in total. The second-order valence-corrected chi connectivity index (χ2v) is 4.45. The first-order valence-electron chi connectivity index (χ1n) is 6.13. The summed E-state index contributed by atoms with van der Waals surface area (Å²) in [6.45, 7) is -1.91. The van der Waals surface area contributed by atoms with Gasteiger partial charge >= 0.3 is 6.61 Å². The fraction of sp³-hybridized carbons (Fsp3) is 0.538. The van der Waals surface area contributed by atoms with Crippen molar-refractivity contribution in [3.8, 4) is 5.75 Å². The number of benzene rings is 1. The van der Waals surface area contributed by atoms with Gasteiger partial charge in [-0.2, -0.15) is 8.78 Å². The SMILES string of the molecule is OC(c1ccc(OC(F)F)cc1)C1CCCCN1. The Hall–Kier alpha value is -1.20. The van der Waals surface area contributed by atoms with Crippen LogP contribution in [0, 0.1) is 0 Å². The second-order valence-electron chi connectivity index (χ2n) is 4.45. The molecule has 0 saturated carbocycles. The first-order chi connectivity index (χ1) is 8.66. The topological polar surface area (TPSA) is 41.5 Å². The van der Waals surface area contributed by atoms with Crippen molar-refractivity contribution in [1.29, 1.82) is 0 Å². The van der Waals surface area contributed by atoms with Gasteiger partial charge in [0.2, 0.25) is 0 Å². The first-order valence-corrected chi connectivity index (χ1v) is 6.13. The monoisotopic (exact) mass is 257 g/mol. The Morgan fingerprint density at radius 3 is 2.50 bits per heavy atom. The quantitative estimate of drug-likeness (QED) is 0.870. The molecule has 0 aliphatic carbocycles. The number of piperidine rings is 1. The van der Waals surface area contributed by atoms with Crippen LogP contribution in [0.2, 0.25) is 0 Å². The lowest BCUT2D eigenvalue weighted by Gasteiger charge is -2.28. The van der Waals surface area contributed by atoms with E-state index in [2.05, 4.69) is 10.1 Å². The Labute approximate surface area is 105 Å². The van der Waals surface area contributed by atoms with Crippen molar-refractivity contribution in [2.75, 3.05) is 6.54 Å². The van der Waals surface area contributed by atoms with Crippen molar-refractivity contribution in [1.82, 2.24) is 5.32 Å². The highest BCUT2D eigenvalue weighted by molar-refractivity contribution is 5.29. The molecule has 2 atom stereocenters. The van der Waals surface area contributed by atoms with Crippen LogP contribution in [0.5, 0.6) is 5.75 Å². The molecule has 18 heavy (non-hydrogen) atoms.